The number of aliphatic imine (C=N–C) groups is 1. The number of nitrogens with one attached hydrogen (secondary N) is 1. The van der Waals surface area contributed by atoms with Crippen LogP contribution >= 0.6 is 24.0 Å². The number of H-pyrrole nitrogens is 1. The Kier molecular flexibility index (Phi) is 6.43. The number of hydrogen-bond donors (Lipinski definition) is 2. The molecule has 1 fully saturated rings. The third-order valence-electron chi connectivity index (χ3n) is 4.63. The van der Waals surface area contributed by atoms with Gasteiger partial charge >= 0.3 is 0 Å². The van der Waals surface area contributed by atoms with Gasteiger partial charge in [-0.3, -0.25) is 4.99 Å². The molecule has 8 nitrogen and oxygen atoms in total. The maximum atomic E-state index is 6.19. The summed E-state index contributed by atoms with van der Waals surface area (Å²) >= 11 is 0. The van der Waals surface area contributed by atoms with Gasteiger partial charge in [0, 0.05) is 62.9 Å². The molecule has 27 heavy (non-hydrogen) atoms. The molecule has 0 amide bonds. The fourth-order valence-electron chi connectivity index (χ4n) is 3.20. The van der Waals surface area contributed by atoms with Crippen molar-refractivity contribution in [1.29, 1.82) is 0 Å². The number of nitrogens with zero attached hydrogens (tertiary/aromatic N) is 6. The molecule has 1 aliphatic rings. The number of rotatable bonds is 4. The predicted octanol–water partition coefficient (Wildman–Crippen LogP) is 1.65. The van der Waals surface area contributed by atoms with Gasteiger partial charge in [0.05, 0.1) is 0 Å². The molecule has 3 N–H and O–H groups in total. The molecule has 4 rings (SSSR count). The second-order valence-electron chi connectivity index (χ2n) is 6.23. The van der Waals surface area contributed by atoms with E-state index in [1.54, 1.807) is 18.6 Å². The summed E-state index contributed by atoms with van der Waals surface area (Å²) in [7, 11) is 0. The molecule has 0 aromatic carbocycles. The number of nitrogens with two attached hydrogens (primary N) is 1. The highest BCUT2D eigenvalue weighted by molar-refractivity contribution is 14.0. The van der Waals surface area contributed by atoms with Crippen LogP contribution in [0, 0.1) is 0 Å². The number of piperazine rings is 1. The van der Waals surface area contributed by atoms with Crippen molar-refractivity contribution < 1.29 is 0 Å². The molecular weight excluding hydrogens is 455 g/mol. The van der Waals surface area contributed by atoms with E-state index in [-0.39, 0.29) is 24.0 Å². The molecule has 0 saturated carbocycles. The van der Waals surface area contributed by atoms with Gasteiger partial charge in [0.2, 0.25) is 5.95 Å². The number of halogens is 1. The van der Waals surface area contributed by atoms with Crippen LogP contribution in [0.25, 0.3) is 11.0 Å². The number of guanidine groups is 1. The highest BCUT2D eigenvalue weighted by Gasteiger charge is 2.19. The van der Waals surface area contributed by atoms with E-state index in [0.717, 1.165) is 49.6 Å². The van der Waals surface area contributed by atoms with Crippen LogP contribution in [0.5, 0.6) is 0 Å². The monoisotopic (exact) mass is 478 g/mol. The van der Waals surface area contributed by atoms with Gasteiger partial charge < -0.3 is 20.5 Å². The van der Waals surface area contributed by atoms with Gasteiger partial charge in [0.25, 0.3) is 0 Å². The highest BCUT2D eigenvalue weighted by Crippen LogP contribution is 2.16. The van der Waals surface area contributed by atoms with Crippen LogP contribution in [0.1, 0.15) is 5.56 Å². The van der Waals surface area contributed by atoms with Crippen molar-refractivity contribution in [3.63, 3.8) is 0 Å². The summed E-state index contributed by atoms with van der Waals surface area (Å²) in [4.78, 5) is 25.0. The Hall–Kier alpha value is -2.43. The van der Waals surface area contributed by atoms with Crippen LogP contribution < -0.4 is 10.6 Å². The van der Waals surface area contributed by atoms with Crippen LogP contribution in [0.4, 0.5) is 5.95 Å². The molecule has 0 spiro atoms. The Morgan fingerprint density at radius 2 is 1.81 bits per heavy atom. The fourth-order valence-corrected chi connectivity index (χ4v) is 3.20. The molecule has 9 heteroatoms. The van der Waals surface area contributed by atoms with Crippen molar-refractivity contribution in [2.75, 3.05) is 37.6 Å². The summed E-state index contributed by atoms with van der Waals surface area (Å²) < 4.78 is 0. The lowest BCUT2D eigenvalue weighted by Crippen LogP contribution is -2.51. The summed E-state index contributed by atoms with van der Waals surface area (Å²) in [6.07, 6.45) is 8.17. The fraction of sp³-hybridized carbons (Fsp3) is 0.333. The Morgan fingerprint density at radius 1 is 1.07 bits per heavy atom. The molecule has 1 aliphatic heterocycles. The van der Waals surface area contributed by atoms with E-state index in [0.29, 0.717) is 12.5 Å². The third kappa shape index (κ3) is 4.46. The molecule has 142 valence electrons. The average Bonchev–Trinajstić information content (AvgIpc) is 3.12. The molecular formula is C18H23IN8. The first-order valence-corrected chi connectivity index (χ1v) is 8.79. The Balaban J connectivity index is 0.00000210. The first-order chi connectivity index (χ1) is 12.8. The molecule has 0 bridgehead atoms. The van der Waals surface area contributed by atoms with E-state index in [1.165, 1.54) is 5.56 Å². The number of aromatic nitrogens is 4. The Bertz CT molecular complexity index is 887. The van der Waals surface area contributed by atoms with Gasteiger partial charge in [-0.05, 0) is 30.2 Å². The minimum atomic E-state index is 0. The van der Waals surface area contributed by atoms with E-state index in [1.807, 2.05) is 18.3 Å². The zero-order valence-corrected chi connectivity index (χ0v) is 17.3. The van der Waals surface area contributed by atoms with Gasteiger partial charge in [-0.25, -0.2) is 15.0 Å². The molecule has 0 unspecified atom stereocenters. The van der Waals surface area contributed by atoms with Crippen molar-refractivity contribution in [2.45, 2.75) is 6.42 Å². The molecule has 0 radical (unpaired) electrons. The van der Waals surface area contributed by atoms with Crippen LogP contribution in [0.2, 0.25) is 0 Å². The number of aromatic amines is 1. The first-order valence-electron chi connectivity index (χ1n) is 8.79. The summed E-state index contributed by atoms with van der Waals surface area (Å²) in [5.41, 5.74) is 8.32. The lowest BCUT2D eigenvalue weighted by atomic mass is 10.1. The van der Waals surface area contributed by atoms with Crippen LogP contribution in [0.3, 0.4) is 0 Å². The molecule has 1 saturated heterocycles. The highest BCUT2D eigenvalue weighted by atomic mass is 127. The summed E-state index contributed by atoms with van der Waals surface area (Å²) in [6.45, 7) is 3.99. The van der Waals surface area contributed by atoms with E-state index < -0.39 is 0 Å². The quantitative estimate of drug-likeness (QED) is 0.336. The second-order valence-corrected chi connectivity index (χ2v) is 6.23. The van der Waals surface area contributed by atoms with Crippen LogP contribution in [-0.4, -0.2) is 63.5 Å². The summed E-state index contributed by atoms with van der Waals surface area (Å²) in [6, 6.07) is 5.85. The first kappa shape index (κ1) is 19.3. The lowest BCUT2D eigenvalue weighted by Gasteiger charge is -2.35. The molecule has 4 heterocycles. The van der Waals surface area contributed by atoms with Crippen LogP contribution in [-0.2, 0) is 6.42 Å². The minimum Gasteiger partial charge on any atom is -0.370 e. The minimum absolute atomic E-state index is 0. The number of anilines is 1. The van der Waals surface area contributed by atoms with Crippen molar-refractivity contribution in [2.24, 2.45) is 10.7 Å². The van der Waals surface area contributed by atoms with Crippen molar-refractivity contribution >= 4 is 46.9 Å². The number of fused-ring (bicyclic) bond motifs is 1. The molecule has 3 aromatic rings. The van der Waals surface area contributed by atoms with E-state index >= 15 is 0 Å². The standard InChI is InChI=1S/C18H22N8.HI/c19-17(21-8-4-14-13-24-16-15(14)3-1-5-20-16)25-9-11-26(12-10-25)18-22-6-2-7-23-18;/h1-3,5-7,13H,4,8-12H2,(H2,19,21)(H,20,24);1H. The summed E-state index contributed by atoms with van der Waals surface area (Å²) in [5, 5.41) is 1.15. The van der Waals surface area contributed by atoms with Gasteiger partial charge in [-0.15, -0.1) is 24.0 Å². The zero-order valence-electron chi connectivity index (χ0n) is 15.0. The van der Waals surface area contributed by atoms with Gasteiger partial charge in [-0.1, -0.05) is 0 Å². The van der Waals surface area contributed by atoms with Gasteiger partial charge in [0.1, 0.15) is 5.65 Å². The van der Waals surface area contributed by atoms with Gasteiger partial charge in [-0.2, -0.15) is 0 Å². The van der Waals surface area contributed by atoms with Crippen LogP contribution in [0.15, 0.2) is 48.0 Å². The van der Waals surface area contributed by atoms with Crippen molar-refractivity contribution in [3.05, 3.63) is 48.5 Å². The predicted molar refractivity (Wildman–Crippen MR) is 118 cm³/mol. The van der Waals surface area contributed by atoms with Crippen molar-refractivity contribution in [1.82, 2.24) is 24.8 Å². The van der Waals surface area contributed by atoms with Gasteiger partial charge in [0.15, 0.2) is 5.96 Å². The topological polar surface area (TPSA) is 99.3 Å². The second kappa shape index (κ2) is 8.98. The number of hydrogen-bond acceptors (Lipinski definition) is 5. The largest absolute Gasteiger partial charge is 0.370 e. The summed E-state index contributed by atoms with van der Waals surface area (Å²) in [5.74, 6) is 1.38. The Morgan fingerprint density at radius 3 is 2.59 bits per heavy atom. The smallest absolute Gasteiger partial charge is 0.225 e. The van der Waals surface area contributed by atoms with Crippen molar-refractivity contribution in [3.8, 4) is 0 Å². The Labute approximate surface area is 174 Å². The molecule has 0 aliphatic carbocycles. The van der Waals surface area contributed by atoms with E-state index in [2.05, 4.69) is 40.8 Å². The van der Waals surface area contributed by atoms with E-state index in [9.17, 15) is 0 Å². The third-order valence-corrected chi connectivity index (χ3v) is 4.63. The molecule has 0 atom stereocenters. The zero-order chi connectivity index (χ0) is 17.8. The number of pyridine rings is 1. The maximum absolute atomic E-state index is 6.19. The van der Waals surface area contributed by atoms with E-state index in [4.69, 9.17) is 5.73 Å². The molecule has 3 aromatic heterocycles. The average molecular weight is 478 g/mol. The SMILES string of the molecule is I.NC(=NCCc1c[nH]c2ncccc12)N1CCN(c2ncccn2)CC1. The lowest BCUT2D eigenvalue weighted by molar-refractivity contribution is 0.378. The maximum Gasteiger partial charge on any atom is 0.225 e. The normalized spacial score (nSPS) is 15.0.